The number of amides is 1. The smallest absolute Gasteiger partial charge is 0.235 e. The molecule has 0 saturated carbocycles. The molecule has 1 saturated heterocycles. The van der Waals surface area contributed by atoms with Crippen LogP contribution in [0.5, 0.6) is 5.75 Å². The third-order valence-corrected chi connectivity index (χ3v) is 5.02. The minimum absolute atomic E-state index is 0.185. The number of ether oxygens (including phenoxy) is 2. The van der Waals surface area contributed by atoms with Gasteiger partial charge in [0.25, 0.3) is 0 Å². The second-order valence-corrected chi connectivity index (χ2v) is 8.66. The van der Waals surface area contributed by atoms with Gasteiger partial charge in [0.1, 0.15) is 17.2 Å². The van der Waals surface area contributed by atoms with E-state index in [0.29, 0.717) is 24.7 Å². The number of nitrogens with one attached hydrogen (secondary N) is 1. The number of piperidine rings is 1. The minimum Gasteiger partial charge on any atom is -0.493 e. The van der Waals surface area contributed by atoms with Gasteiger partial charge in [-0.3, -0.25) is 4.79 Å². The minimum atomic E-state index is -0.481. The van der Waals surface area contributed by atoms with E-state index in [1.807, 2.05) is 20.8 Å². The fourth-order valence-electron chi connectivity index (χ4n) is 3.41. The summed E-state index contributed by atoms with van der Waals surface area (Å²) < 4.78 is 25.7. The van der Waals surface area contributed by atoms with Crippen molar-refractivity contribution in [2.45, 2.75) is 65.4 Å². The molecule has 1 aromatic rings. The molecule has 0 radical (unpaired) electrons. The maximum absolute atomic E-state index is 14.1. The molecule has 166 valence electrons. The molecule has 0 unspecified atom stereocenters. The summed E-state index contributed by atoms with van der Waals surface area (Å²) in [6.45, 7) is 14.0. The van der Waals surface area contributed by atoms with E-state index < -0.39 is 5.82 Å². The summed E-state index contributed by atoms with van der Waals surface area (Å²) in [5, 5.41) is 2.53. The second kappa shape index (κ2) is 11.1. The van der Waals surface area contributed by atoms with Crippen molar-refractivity contribution in [2.24, 2.45) is 5.92 Å². The molecule has 0 spiro atoms. The maximum Gasteiger partial charge on any atom is 0.235 e. The molecule has 1 N–H and O–H groups in total. The number of anilines is 1. The number of hydrogen-bond donors (Lipinski definition) is 1. The Kier molecular flexibility index (Phi) is 8.79. The van der Waals surface area contributed by atoms with Crippen molar-refractivity contribution in [3.05, 3.63) is 42.2 Å². The molecular weight excluding hydrogens is 383 g/mol. The summed E-state index contributed by atoms with van der Waals surface area (Å²) in [6.07, 6.45) is 4.50. The molecular formula is C24H35FN2O3. The normalized spacial score (nSPS) is 14.8. The van der Waals surface area contributed by atoms with Crippen LogP contribution in [0.4, 0.5) is 10.1 Å². The van der Waals surface area contributed by atoms with E-state index in [2.05, 4.69) is 22.5 Å². The standard InChI is InChI=1S/C24H35FN2O3/c1-6-22(28)26-21-11-10-19(17-20(21)25)29-16-8-9-18-12-14-27(15-13-18)23(7-2)30-24(3,4)5/h10-11,17-18H,2,6,8-9,12-16H2,1,3-5H3,(H,26,28). The fourth-order valence-corrected chi connectivity index (χ4v) is 3.41. The van der Waals surface area contributed by atoms with Gasteiger partial charge in [-0.15, -0.1) is 0 Å². The largest absolute Gasteiger partial charge is 0.493 e. The van der Waals surface area contributed by atoms with Crippen LogP contribution in [0.3, 0.4) is 0 Å². The molecule has 2 rings (SSSR count). The topological polar surface area (TPSA) is 50.8 Å². The number of benzene rings is 1. The molecule has 1 aliphatic rings. The van der Waals surface area contributed by atoms with Crippen LogP contribution in [0.1, 0.15) is 59.8 Å². The van der Waals surface area contributed by atoms with Gasteiger partial charge in [-0.1, -0.05) is 19.2 Å². The van der Waals surface area contributed by atoms with Crippen molar-refractivity contribution in [2.75, 3.05) is 25.0 Å². The Morgan fingerprint density at radius 1 is 1.33 bits per heavy atom. The number of carbonyl (C=O) groups excluding carboxylic acids is 1. The molecule has 30 heavy (non-hydrogen) atoms. The summed E-state index contributed by atoms with van der Waals surface area (Å²) in [5.74, 6) is 1.18. The highest BCUT2D eigenvalue weighted by Gasteiger charge is 2.24. The number of hydrogen-bond acceptors (Lipinski definition) is 4. The lowest BCUT2D eigenvalue weighted by atomic mass is 9.92. The van der Waals surface area contributed by atoms with Crippen LogP contribution in [-0.4, -0.2) is 36.1 Å². The second-order valence-electron chi connectivity index (χ2n) is 8.66. The highest BCUT2D eigenvalue weighted by Crippen LogP contribution is 2.27. The summed E-state index contributed by atoms with van der Waals surface area (Å²) in [7, 11) is 0. The van der Waals surface area contributed by atoms with Gasteiger partial charge in [0.15, 0.2) is 0 Å². The average molecular weight is 419 g/mol. The molecule has 0 atom stereocenters. The van der Waals surface area contributed by atoms with Crippen LogP contribution in [0.2, 0.25) is 0 Å². The summed E-state index contributed by atoms with van der Waals surface area (Å²) >= 11 is 0. The number of carbonyl (C=O) groups is 1. The summed E-state index contributed by atoms with van der Waals surface area (Å²) in [6, 6.07) is 4.55. The Bertz CT molecular complexity index is 758. The lowest BCUT2D eigenvalue weighted by molar-refractivity contribution is -0.115. The summed E-state index contributed by atoms with van der Waals surface area (Å²) in [4.78, 5) is 13.6. The van der Waals surface area contributed by atoms with Crippen LogP contribution >= 0.6 is 0 Å². The van der Waals surface area contributed by atoms with Gasteiger partial charge in [0.2, 0.25) is 11.8 Å². The van der Waals surface area contributed by atoms with E-state index in [1.165, 1.54) is 12.1 Å². The van der Waals surface area contributed by atoms with Crippen molar-refractivity contribution in [1.82, 2.24) is 4.90 Å². The SMILES string of the molecule is C=C=C(OC(C)(C)C)N1CCC(CCCOc2ccc(NC(=O)CC)c(F)c2)CC1. The molecule has 1 fully saturated rings. The van der Waals surface area contributed by atoms with Gasteiger partial charge in [-0.05, 0) is 64.5 Å². The van der Waals surface area contributed by atoms with Crippen molar-refractivity contribution in [3.8, 4) is 5.75 Å². The molecule has 0 aromatic heterocycles. The van der Waals surface area contributed by atoms with Gasteiger partial charge in [0.05, 0.1) is 12.3 Å². The molecule has 1 aliphatic heterocycles. The van der Waals surface area contributed by atoms with Crippen molar-refractivity contribution < 1.29 is 18.7 Å². The lowest BCUT2D eigenvalue weighted by Gasteiger charge is -2.36. The van der Waals surface area contributed by atoms with E-state index in [0.717, 1.165) is 44.7 Å². The average Bonchev–Trinajstić information content (AvgIpc) is 2.71. The van der Waals surface area contributed by atoms with Crippen molar-refractivity contribution in [3.63, 3.8) is 0 Å². The Balaban J connectivity index is 1.70. The quantitative estimate of drug-likeness (QED) is 0.327. The Morgan fingerprint density at radius 2 is 2.03 bits per heavy atom. The van der Waals surface area contributed by atoms with Crippen LogP contribution in [-0.2, 0) is 9.53 Å². The summed E-state index contributed by atoms with van der Waals surface area (Å²) in [5.41, 5.74) is 2.86. The van der Waals surface area contributed by atoms with Crippen molar-refractivity contribution >= 4 is 11.6 Å². The molecule has 1 heterocycles. The van der Waals surface area contributed by atoms with Crippen LogP contribution in [0, 0.1) is 11.7 Å². The first-order valence-corrected chi connectivity index (χ1v) is 10.8. The predicted molar refractivity (Wildman–Crippen MR) is 118 cm³/mol. The molecule has 0 aliphatic carbocycles. The number of rotatable bonds is 9. The van der Waals surface area contributed by atoms with Gasteiger partial charge in [-0.25, -0.2) is 4.39 Å². The lowest BCUT2D eigenvalue weighted by Crippen LogP contribution is -2.36. The Morgan fingerprint density at radius 3 is 2.60 bits per heavy atom. The van der Waals surface area contributed by atoms with Crippen LogP contribution in [0.15, 0.2) is 36.4 Å². The number of likely N-dealkylation sites (tertiary alicyclic amines) is 1. The van der Waals surface area contributed by atoms with E-state index >= 15 is 0 Å². The monoisotopic (exact) mass is 418 g/mol. The zero-order valence-corrected chi connectivity index (χ0v) is 18.7. The fraction of sp³-hybridized carbons (Fsp3) is 0.583. The Labute approximate surface area is 179 Å². The molecule has 1 aromatic carbocycles. The molecule has 6 heteroatoms. The predicted octanol–water partition coefficient (Wildman–Crippen LogP) is 5.49. The van der Waals surface area contributed by atoms with Crippen molar-refractivity contribution in [1.29, 1.82) is 0 Å². The Hall–Kier alpha value is -2.46. The first kappa shape index (κ1) is 23.8. The molecule has 1 amide bonds. The van der Waals surface area contributed by atoms with Crippen LogP contribution in [0.25, 0.3) is 0 Å². The third kappa shape index (κ3) is 7.75. The van der Waals surface area contributed by atoms with Crippen LogP contribution < -0.4 is 10.1 Å². The first-order valence-electron chi connectivity index (χ1n) is 10.8. The maximum atomic E-state index is 14.1. The highest BCUT2D eigenvalue weighted by atomic mass is 19.1. The van der Waals surface area contributed by atoms with Gasteiger partial charge in [0, 0.05) is 25.6 Å². The van der Waals surface area contributed by atoms with Gasteiger partial charge < -0.3 is 19.7 Å². The zero-order valence-electron chi connectivity index (χ0n) is 18.7. The third-order valence-electron chi connectivity index (χ3n) is 5.02. The first-order chi connectivity index (χ1) is 14.2. The zero-order chi connectivity index (χ0) is 22.1. The van der Waals surface area contributed by atoms with E-state index in [-0.39, 0.29) is 17.2 Å². The highest BCUT2D eigenvalue weighted by molar-refractivity contribution is 5.90. The van der Waals surface area contributed by atoms with Gasteiger partial charge >= 0.3 is 0 Å². The number of halogens is 1. The molecule has 5 nitrogen and oxygen atoms in total. The van der Waals surface area contributed by atoms with E-state index in [9.17, 15) is 9.18 Å². The molecule has 0 bridgehead atoms. The van der Waals surface area contributed by atoms with E-state index in [4.69, 9.17) is 9.47 Å². The number of nitrogens with zero attached hydrogens (tertiary/aromatic N) is 1. The van der Waals surface area contributed by atoms with Gasteiger partial charge in [-0.2, -0.15) is 0 Å². The van der Waals surface area contributed by atoms with E-state index in [1.54, 1.807) is 13.0 Å².